The van der Waals surface area contributed by atoms with Gasteiger partial charge in [-0.2, -0.15) is 0 Å². The zero-order chi connectivity index (χ0) is 14.0. The number of rotatable bonds is 1. The Morgan fingerprint density at radius 2 is 2.10 bits per heavy atom. The molecule has 0 aromatic carbocycles. The minimum atomic E-state index is -0.348. The van der Waals surface area contributed by atoms with E-state index in [1.165, 1.54) is 0 Å². The monoisotopic (exact) mass is 273 g/mol. The van der Waals surface area contributed by atoms with Gasteiger partial charge in [-0.1, -0.05) is 19.1 Å². The first kappa shape index (κ1) is 12.1. The highest BCUT2D eigenvalue weighted by molar-refractivity contribution is 6.36. The number of hydrogen-bond donors (Lipinski definition) is 0. The summed E-state index contributed by atoms with van der Waals surface area (Å²) in [5, 5.41) is 0. The Kier molecular flexibility index (Phi) is 2.26. The molecule has 2 fully saturated rings. The Morgan fingerprint density at radius 1 is 1.35 bits per heavy atom. The summed E-state index contributed by atoms with van der Waals surface area (Å²) in [5.74, 6) is 0.227. The van der Waals surface area contributed by atoms with Crippen LogP contribution >= 0.6 is 0 Å². The molecule has 1 spiro atoms. The molecule has 0 bridgehead atoms. The van der Waals surface area contributed by atoms with Crippen LogP contribution in [-0.4, -0.2) is 60.4 Å². The number of piperazine rings is 1. The van der Waals surface area contributed by atoms with Crippen molar-refractivity contribution in [2.24, 2.45) is 10.4 Å². The number of aliphatic imine (C=N–C) groups is 1. The first-order chi connectivity index (χ1) is 9.54. The number of carbonyl (C=O) groups is 1. The van der Waals surface area contributed by atoms with Gasteiger partial charge in [0.25, 0.3) is 5.90 Å². The number of nitrogens with zero attached hydrogens (tertiary/aromatic N) is 3. The molecule has 106 valence electrons. The summed E-state index contributed by atoms with van der Waals surface area (Å²) in [5.41, 5.74) is 0.587. The van der Waals surface area contributed by atoms with E-state index in [1.807, 2.05) is 17.1 Å². The summed E-state index contributed by atoms with van der Waals surface area (Å²) >= 11 is 0. The summed E-state index contributed by atoms with van der Waals surface area (Å²) in [6.45, 7) is 5.48. The van der Waals surface area contributed by atoms with Crippen molar-refractivity contribution >= 4 is 11.8 Å². The Balaban J connectivity index is 1.54. The molecule has 4 aliphatic rings. The number of carbonyl (C=O) groups excluding carboxylic acids is 1. The highest BCUT2D eigenvalue weighted by Gasteiger charge is 2.72. The minimum Gasteiger partial charge on any atom is -0.460 e. The lowest BCUT2D eigenvalue weighted by Crippen LogP contribution is -2.49. The first-order valence-corrected chi connectivity index (χ1v) is 7.20. The summed E-state index contributed by atoms with van der Waals surface area (Å²) in [7, 11) is 2.07. The van der Waals surface area contributed by atoms with Crippen LogP contribution in [0.1, 0.15) is 13.3 Å². The molecule has 0 aromatic heterocycles. The molecule has 1 saturated carbocycles. The van der Waals surface area contributed by atoms with Crippen molar-refractivity contribution in [2.45, 2.75) is 18.9 Å². The van der Waals surface area contributed by atoms with Gasteiger partial charge in [0, 0.05) is 38.0 Å². The van der Waals surface area contributed by atoms with E-state index in [2.05, 4.69) is 29.9 Å². The molecule has 2 aliphatic carbocycles. The van der Waals surface area contributed by atoms with Crippen molar-refractivity contribution in [1.82, 2.24) is 9.80 Å². The lowest BCUT2D eigenvalue weighted by molar-refractivity contribution is -0.127. The third-order valence-corrected chi connectivity index (χ3v) is 5.01. The number of ether oxygens (including phenoxy) is 1. The number of likely N-dealkylation sites (N-methyl/N-ethyl adjacent to an activating group) is 1. The van der Waals surface area contributed by atoms with Crippen molar-refractivity contribution in [3.8, 4) is 0 Å². The van der Waals surface area contributed by atoms with Gasteiger partial charge in [0.15, 0.2) is 5.60 Å². The molecule has 1 amide bonds. The summed E-state index contributed by atoms with van der Waals surface area (Å²) in [4.78, 5) is 21.1. The molecule has 20 heavy (non-hydrogen) atoms. The Labute approximate surface area is 118 Å². The van der Waals surface area contributed by atoms with Crippen LogP contribution in [0.25, 0.3) is 0 Å². The first-order valence-electron chi connectivity index (χ1n) is 7.20. The van der Waals surface area contributed by atoms with Crippen molar-refractivity contribution in [1.29, 1.82) is 0 Å². The summed E-state index contributed by atoms with van der Waals surface area (Å²) in [6.07, 6.45) is 7.08. The fraction of sp³-hybridized carbons (Fsp3) is 0.600. The average molecular weight is 273 g/mol. The van der Waals surface area contributed by atoms with Crippen molar-refractivity contribution in [3.05, 3.63) is 23.9 Å². The van der Waals surface area contributed by atoms with E-state index in [0.29, 0.717) is 0 Å². The third-order valence-electron chi connectivity index (χ3n) is 5.01. The largest absolute Gasteiger partial charge is 0.460 e. The number of amides is 1. The van der Waals surface area contributed by atoms with Gasteiger partial charge in [-0.15, -0.1) is 0 Å². The molecule has 2 atom stereocenters. The van der Waals surface area contributed by atoms with Gasteiger partial charge >= 0.3 is 5.91 Å². The smallest absolute Gasteiger partial charge is 0.309 e. The standard InChI is InChI=1S/C15H19N3O2/c1-14-5-3-4-11-15(14,10-14)20-12(16-11)13(19)18-8-6-17(2)7-9-18/h3-5H,6-10H2,1-2H3. The molecule has 0 radical (unpaired) electrons. The zero-order valence-corrected chi connectivity index (χ0v) is 11.9. The van der Waals surface area contributed by atoms with Crippen LogP contribution in [0, 0.1) is 5.41 Å². The predicted molar refractivity (Wildman–Crippen MR) is 75.3 cm³/mol. The molecule has 0 N–H and O–H groups in total. The van der Waals surface area contributed by atoms with Crippen LogP contribution in [0.2, 0.25) is 0 Å². The average Bonchev–Trinajstić information content (AvgIpc) is 2.87. The van der Waals surface area contributed by atoms with E-state index in [9.17, 15) is 4.79 Å². The number of hydrogen-bond acceptors (Lipinski definition) is 4. The maximum Gasteiger partial charge on any atom is 0.309 e. The second-order valence-electron chi connectivity index (χ2n) is 6.45. The fourth-order valence-electron chi connectivity index (χ4n) is 3.40. The van der Waals surface area contributed by atoms with Gasteiger partial charge < -0.3 is 14.5 Å². The van der Waals surface area contributed by atoms with Crippen molar-refractivity contribution < 1.29 is 9.53 Å². The molecule has 5 heteroatoms. The van der Waals surface area contributed by atoms with Crippen LogP contribution in [0.5, 0.6) is 0 Å². The summed E-state index contributed by atoms with van der Waals surface area (Å²) < 4.78 is 6.00. The molecule has 2 heterocycles. The van der Waals surface area contributed by atoms with Crippen LogP contribution in [0.3, 0.4) is 0 Å². The van der Waals surface area contributed by atoms with E-state index in [-0.39, 0.29) is 22.8 Å². The van der Waals surface area contributed by atoms with E-state index in [0.717, 1.165) is 38.3 Å². The minimum absolute atomic E-state index is 0.0186. The van der Waals surface area contributed by atoms with Crippen molar-refractivity contribution in [2.75, 3.05) is 33.2 Å². The quantitative estimate of drug-likeness (QED) is 0.709. The second-order valence-corrected chi connectivity index (χ2v) is 6.45. The van der Waals surface area contributed by atoms with E-state index in [1.54, 1.807) is 0 Å². The van der Waals surface area contributed by atoms with Gasteiger partial charge in [-0.25, -0.2) is 4.99 Å². The SMILES string of the molecule is CN1CCN(C(=O)C2=NC3=CC=CC4(C)CC34O2)CC1. The fourth-order valence-corrected chi connectivity index (χ4v) is 3.40. The highest BCUT2D eigenvalue weighted by Crippen LogP contribution is 2.67. The normalized spacial score (nSPS) is 38.6. The van der Waals surface area contributed by atoms with E-state index < -0.39 is 0 Å². The molecule has 2 aliphatic heterocycles. The van der Waals surface area contributed by atoms with Gasteiger partial charge in [0.2, 0.25) is 0 Å². The number of allylic oxidation sites excluding steroid dienone is 2. The predicted octanol–water partition coefficient (Wildman–Crippen LogP) is 0.792. The molecule has 4 rings (SSSR count). The van der Waals surface area contributed by atoms with Gasteiger partial charge in [-0.05, 0) is 13.1 Å². The topological polar surface area (TPSA) is 45.1 Å². The van der Waals surface area contributed by atoms with Gasteiger partial charge in [-0.3, -0.25) is 4.79 Å². The Hall–Kier alpha value is -1.62. The highest BCUT2D eigenvalue weighted by atomic mass is 16.5. The van der Waals surface area contributed by atoms with Crippen LogP contribution < -0.4 is 0 Å². The van der Waals surface area contributed by atoms with E-state index in [4.69, 9.17) is 4.74 Å². The lowest BCUT2D eigenvalue weighted by atomic mass is 9.97. The lowest BCUT2D eigenvalue weighted by Gasteiger charge is -2.32. The van der Waals surface area contributed by atoms with Gasteiger partial charge in [0.1, 0.15) is 0 Å². The molecule has 5 nitrogen and oxygen atoms in total. The molecular weight excluding hydrogens is 254 g/mol. The maximum atomic E-state index is 12.5. The molecule has 0 aromatic rings. The van der Waals surface area contributed by atoms with Gasteiger partial charge in [0.05, 0.1) is 5.70 Å². The molecule has 1 saturated heterocycles. The van der Waals surface area contributed by atoms with E-state index >= 15 is 0 Å². The second kappa shape index (κ2) is 3.73. The molecule has 2 unspecified atom stereocenters. The van der Waals surface area contributed by atoms with Crippen molar-refractivity contribution in [3.63, 3.8) is 0 Å². The molecular formula is C15H19N3O2. The van der Waals surface area contributed by atoms with Crippen LogP contribution in [0.4, 0.5) is 0 Å². The van der Waals surface area contributed by atoms with Crippen LogP contribution in [0.15, 0.2) is 28.9 Å². The Bertz CT molecular complexity index is 572. The maximum absolute atomic E-state index is 12.5. The third kappa shape index (κ3) is 1.47. The Morgan fingerprint density at radius 3 is 2.80 bits per heavy atom. The zero-order valence-electron chi connectivity index (χ0n) is 11.9. The van der Waals surface area contributed by atoms with Crippen LogP contribution in [-0.2, 0) is 9.53 Å². The summed E-state index contributed by atoms with van der Waals surface area (Å²) in [6, 6.07) is 0.